The Labute approximate surface area is 146 Å². The molecule has 4 saturated carbocycles. The molecule has 4 bridgehead atoms. The van der Waals surface area contributed by atoms with Gasteiger partial charge in [0.1, 0.15) is 0 Å². The van der Waals surface area contributed by atoms with Crippen molar-refractivity contribution in [2.75, 3.05) is 13.7 Å². The van der Waals surface area contributed by atoms with E-state index in [2.05, 4.69) is 10.1 Å². The van der Waals surface area contributed by atoms with Crippen LogP contribution in [0.5, 0.6) is 0 Å². The molecule has 24 heavy (non-hydrogen) atoms. The van der Waals surface area contributed by atoms with Crippen molar-refractivity contribution in [3.8, 4) is 0 Å². The number of esters is 1. The smallest absolute Gasteiger partial charge is 0.305 e. The number of carbonyl (C=O) groups is 2. The zero-order chi connectivity index (χ0) is 17.0. The topological polar surface area (TPSA) is 55.4 Å². The first-order chi connectivity index (χ1) is 11.6. The highest BCUT2D eigenvalue weighted by Gasteiger charge is 2.50. The third-order valence-corrected chi connectivity index (χ3v) is 6.59. The molecule has 1 amide bonds. The molecule has 4 heteroatoms. The molecule has 4 aliphatic rings. The van der Waals surface area contributed by atoms with Gasteiger partial charge in [0.05, 0.1) is 7.11 Å². The molecule has 0 radical (unpaired) electrons. The number of hydrogen-bond acceptors (Lipinski definition) is 3. The molecule has 0 aromatic heterocycles. The number of methoxy groups -OCH3 is 1. The lowest BCUT2D eigenvalue weighted by Crippen LogP contribution is -2.51. The third-order valence-electron chi connectivity index (χ3n) is 6.59. The molecule has 0 aromatic rings. The summed E-state index contributed by atoms with van der Waals surface area (Å²) in [5.74, 6) is 2.93. The van der Waals surface area contributed by atoms with Gasteiger partial charge in [-0.15, -0.1) is 0 Å². The van der Waals surface area contributed by atoms with E-state index in [1.165, 1.54) is 45.6 Å². The van der Waals surface area contributed by atoms with Crippen molar-refractivity contribution in [3.63, 3.8) is 0 Å². The van der Waals surface area contributed by atoms with Crippen molar-refractivity contribution >= 4 is 11.9 Å². The van der Waals surface area contributed by atoms with Gasteiger partial charge in [0, 0.05) is 19.4 Å². The van der Waals surface area contributed by atoms with Crippen LogP contribution in [0.4, 0.5) is 0 Å². The SMILES string of the molecule is COC(=O)CCCCCCC(=O)NCC12CC3CC(CC(C3)C1)C2. The number of ether oxygens (including phenoxy) is 1. The second kappa shape index (κ2) is 7.88. The average Bonchev–Trinajstić information content (AvgIpc) is 2.54. The van der Waals surface area contributed by atoms with Crippen LogP contribution >= 0.6 is 0 Å². The maximum Gasteiger partial charge on any atom is 0.305 e. The van der Waals surface area contributed by atoms with Crippen molar-refractivity contribution in [1.29, 1.82) is 0 Å². The van der Waals surface area contributed by atoms with Crippen LogP contribution in [0.2, 0.25) is 0 Å². The molecule has 0 atom stereocenters. The van der Waals surface area contributed by atoms with Crippen molar-refractivity contribution in [3.05, 3.63) is 0 Å². The summed E-state index contributed by atoms with van der Waals surface area (Å²) in [6, 6.07) is 0. The fourth-order valence-electron chi connectivity index (χ4n) is 5.89. The highest BCUT2D eigenvalue weighted by Crippen LogP contribution is 2.59. The monoisotopic (exact) mass is 335 g/mol. The first kappa shape index (κ1) is 17.8. The molecule has 136 valence electrons. The fourth-order valence-corrected chi connectivity index (χ4v) is 5.89. The third kappa shape index (κ3) is 4.52. The number of nitrogens with one attached hydrogen (secondary N) is 1. The Kier molecular flexibility index (Phi) is 5.83. The molecule has 4 nitrogen and oxygen atoms in total. The van der Waals surface area contributed by atoms with Gasteiger partial charge in [-0.05, 0) is 74.5 Å². The van der Waals surface area contributed by atoms with Gasteiger partial charge >= 0.3 is 5.97 Å². The van der Waals surface area contributed by atoms with E-state index in [1.54, 1.807) is 0 Å². The Morgan fingerprint density at radius 3 is 2.00 bits per heavy atom. The quantitative estimate of drug-likeness (QED) is 0.514. The molecule has 0 aliphatic heterocycles. The van der Waals surface area contributed by atoms with E-state index in [1.807, 2.05) is 0 Å². The Morgan fingerprint density at radius 2 is 1.46 bits per heavy atom. The predicted octanol–water partition coefficient (Wildman–Crippen LogP) is 3.83. The van der Waals surface area contributed by atoms with E-state index >= 15 is 0 Å². The highest BCUT2D eigenvalue weighted by atomic mass is 16.5. The zero-order valence-electron chi connectivity index (χ0n) is 15.1. The number of unbranched alkanes of at least 4 members (excludes halogenated alkanes) is 3. The van der Waals surface area contributed by atoms with Gasteiger partial charge in [-0.1, -0.05) is 12.8 Å². The molecular formula is C20H33NO3. The standard InChI is InChI=1S/C20H33NO3/c1-24-19(23)7-5-3-2-4-6-18(22)21-14-20-11-15-8-16(12-20)10-17(9-15)13-20/h15-17H,2-14H2,1H3,(H,21,22). The molecule has 0 saturated heterocycles. The summed E-state index contributed by atoms with van der Waals surface area (Å²) in [5, 5.41) is 3.24. The van der Waals surface area contributed by atoms with Gasteiger partial charge in [-0.2, -0.15) is 0 Å². The van der Waals surface area contributed by atoms with Gasteiger partial charge < -0.3 is 10.1 Å². The van der Waals surface area contributed by atoms with Crippen LogP contribution in [0, 0.1) is 23.2 Å². The Hall–Kier alpha value is -1.06. The molecule has 0 aromatic carbocycles. The Balaban J connectivity index is 1.28. The van der Waals surface area contributed by atoms with Crippen molar-refractivity contribution in [1.82, 2.24) is 5.32 Å². The normalized spacial score (nSPS) is 33.5. The first-order valence-corrected chi connectivity index (χ1v) is 9.92. The predicted molar refractivity (Wildman–Crippen MR) is 93.3 cm³/mol. The molecule has 4 fully saturated rings. The van der Waals surface area contributed by atoms with Gasteiger partial charge in [-0.25, -0.2) is 0 Å². The minimum atomic E-state index is -0.136. The Morgan fingerprint density at radius 1 is 0.917 bits per heavy atom. The van der Waals surface area contributed by atoms with Crippen LogP contribution in [0.15, 0.2) is 0 Å². The van der Waals surface area contributed by atoms with Gasteiger partial charge in [0.25, 0.3) is 0 Å². The van der Waals surface area contributed by atoms with E-state index in [0.717, 1.165) is 50.0 Å². The lowest BCUT2D eigenvalue weighted by molar-refractivity contribution is -0.140. The molecule has 4 rings (SSSR count). The van der Waals surface area contributed by atoms with Crippen LogP contribution < -0.4 is 5.32 Å². The second-order valence-electron chi connectivity index (χ2n) is 8.68. The summed E-state index contributed by atoms with van der Waals surface area (Å²) < 4.78 is 4.62. The summed E-state index contributed by atoms with van der Waals surface area (Å²) >= 11 is 0. The zero-order valence-corrected chi connectivity index (χ0v) is 15.1. The van der Waals surface area contributed by atoms with E-state index in [0.29, 0.717) is 18.3 Å². The molecule has 1 N–H and O–H groups in total. The van der Waals surface area contributed by atoms with Crippen molar-refractivity contribution < 1.29 is 14.3 Å². The van der Waals surface area contributed by atoms with Crippen LogP contribution in [-0.2, 0) is 14.3 Å². The number of amides is 1. The summed E-state index contributed by atoms with van der Waals surface area (Å²) in [6.45, 7) is 0.914. The van der Waals surface area contributed by atoms with Gasteiger partial charge in [0.15, 0.2) is 0 Å². The lowest BCUT2D eigenvalue weighted by atomic mass is 9.49. The van der Waals surface area contributed by atoms with E-state index in [-0.39, 0.29) is 11.9 Å². The molecule has 0 spiro atoms. The van der Waals surface area contributed by atoms with Crippen LogP contribution in [0.3, 0.4) is 0 Å². The maximum absolute atomic E-state index is 12.1. The maximum atomic E-state index is 12.1. The van der Waals surface area contributed by atoms with Gasteiger partial charge in [-0.3, -0.25) is 9.59 Å². The molecule has 0 heterocycles. The van der Waals surface area contributed by atoms with Crippen LogP contribution in [-0.4, -0.2) is 25.5 Å². The van der Waals surface area contributed by atoms with E-state index in [9.17, 15) is 9.59 Å². The summed E-state index contributed by atoms with van der Waals surface area (Å²) in [6.07, 6.45) is 13.4. The number of carbonyl (C=O) groups excluding carboxylic acids is 2. The Bertz CT molecular complexity index is 425. The molecular weight excluding hydrogens is 302 g/mol. The highest BCUT2D eigenvalue weighted by molar-refractivity contribution is 5.75. The van der Waals surface area contributed by atoms with Crippen LogP contribution in [0.1, 0.15) is 77.0 Å². The largest absolute Gasteiger partial charge is 0.469 e. The second-order valence-corrected chi connectivity index (χ2v) is 8.68. The van der Waals surface area contributed by atoms with E-state index < -0.39 is 0 Å². The van der Waals surface area contributed by atoms with Crippen molar-refractivity contribution in [2.45, 2.75) is 77.0 Å². The molecule has 0 unspecified atom stereocenters. The van der Waals surface area contributed by atoms with E-state index in [4.69, 9.17) is 0 Å². The van der Waals surface area contributed by atoms with Crippen molar-refractivity contribution in [2.24, 2.45) is 23.2 Å². The lowest BCUT2D eigenvalue weighted by Gasteiger charge is -2.56. The number of hydrogen-bond donors (Lipinski definition) is 1. The number of rotatable bonds is 9. The fraction of sp³-hybridized carbons (Fsp3) is 0.900. The minimum absolute atomic E-state index is 0.136. The average molecular weight is 335 g/mol. The van der Waals surface area contributed by atoms with Gasteiger partial charge in [0.2, 0.25) is 5.91 Å². The molecule has 4 aliphatic carbocycles. The van der Waals surface area contributed by atoms with Crippen LogP contribution in [0.25, 0.3) is 0 Å². The minimum Gasteiger partial charge on any atom is -0.469 e. The first-order valence-electron chi connectivity index (χ1n) is 9.92. The summed E-state index contributed by atoms with van der Waals surface area (Å²) in [5.41, 5.74) is 0.435. The summed E-state index contributed by atoms with van der Waals surface area (Å²) in [4.78, 5) is 23.2. The summed E-state index contributed by atoms with van der Waals surface area (Å²) in [7, 11) is 1.43.